The number of benzene rings is 1. The van der Waals surface area contributed by atoms with Crippen LogP contribution in [0.15, 0.2) is 18.2 Å². The molecule has 0 aliphatic heterocycles. The molecule has 3 N–H and O–H groups in total. The van der Waals surface area contributed by atoms with Crippen molar-refractivity contribution in [3.05, 3.63) is 29.6 Å². The van der Waals surface area contributed by atoms with Crippen LogP contribution < -0.4 is 11.1 Å². The van der Waals surface area contributed by atoms with E-state index in [1.165, 1.54) is 43.9 Å². The maximum absolute atomic E-state index is 13.0. The van der Waals surface area contributed by atoms with Crippen molar-refractivity contribution in [1.82, 2.24) is 5.32 Å². The number of halogens is 1. The molecule has 2 bridgehead atoms. The Hall–Kier alpha value is -1.58. The third-order valence-corrected chi connectivity index (χ3v) is 4.67. The molecule has 19 heavy (non-hydrogen) atoms. The highest BCUT2D eigenvalue weighted by atomic mass is 19.1. The highest BCUT2D eigenvalue weighted by molar-refractivity contribution is 5.95. The zero-order valence-electron chi connectivity index (χ0n) is 10.9. The molecule has 0 spiro atoms. The van der Waals surface area contributed by atoms with Gasteiger partial charge in [0.05, 0.1) is 5.69 Å². The number of nitrogens with two attached hydrogens (primary N) is 1. The van der Waals surface area contributed by atoms with Crippen LogP contribution in [0, 0.1) is 23.6 Å². The molecule has 0 saturated heterocycles. The molecule has 3 nitrogen and oxygen atoms in total. The number of anilines is 1. The van der Waals surface area contributed by atoms with Crippen molar-refractivity contribution in [2.24, 2.45) is 17.8 Å². The second kappa shape index (κ2) is 4.83. The predicted octanol–water partition coefficient (Wildman–Crippen LogP) is 2.57. The summed E-state index contributed by atoms with van der Waals surface area (Å²) < 4.78 is 13.0. The minimum absolute atomic E-state index is 0.0209. The minimum atomic E-state index is -0.482. The zero-order valence-corrected chi connectivity index (χ0v) is 10.9. The van der Waals surface area contributed by atoms with Gasteiger partial charge in [0.15, 0.2) is 0 Å². The first kappa shape index (κ1) is 12.5. The minimum Gasteiger partial charge on any atom is -0.396 e. The molecule has 2 aliphatic carbocycles. The third-order valence-electron chi connectivity index (χ3n) is 4.67. The molecule has 2 aliphatic rings. The van der Waals surface area contributed by atoms with Gasteiger partial charge in [0.25, 0.3) is 5.91 Å². The summed E-state index contributed by atoms with van der Waals surface area (Å²) in [6.45, 7) is 0.733. The van der Waals surface area contributed by atoms with E-state index in [0.717, 1.165) is 18.4 Å². The van der Waals surface area contributed by atoms with Crippen LogP contribution in [-0.2, 0) is 0 Å². The number of nitrogen functional groups attached to an aromatic ring is 1. The molecule has 2 saturated carbocycles. The van der Waals surface area contributed by atoms with E-state index < -0.39 is 5.82 Å². The van der Waals surface area contributed by atoms with E-state index in [0.29, 0.717) is 11.5 Å². The van der Waals surface area contributed by atoms with Crippen LogP contribution in [0.3, 0.4) is 0 Å². The summed E-state index contributed by atoms with van der Waals surface area (Å²) >= 11 is 0. The lowest BCUT2D eigenvalue weighted by molar-refractivity contribution is 0.0942. The van der Waals surface area contributed by atoms with Crippen molar-refractivity contribution in [2.45, 2.75) is 25.7 Å². The average molecular weight is 262 g/mol. The standard InChI is InChI=1S/C15H19FN2O/c16-13-4-3-11(7-14(13)17)15(19)18-8-12-6-9-1-2-10(12)5-9/h3-4,7,9-10,12H,1-2,5-6,8,17H2,(H,18,19). The second-order valence-electron chi connectivity index (χ2n) is 5.88. The van der Waals surface area contributed by atoms with Crippen LogP contribution in [0.5, 0.6) is 0 Å². The van der Waals surface area contributed by atoms with Gasteiger partial charge in [-0.2, -0.15) is 0 Å². The number of amides is 1. The lowest BCUT2D eigenvalue weighted by atomic mass is 9.89. The molecule has 3 rings (SSSR count). The van der Waals surface area contributed by atoms with Gasteiger partial charge in [0.2, 0.25) is 0 Å². The molecule has 0 heterocycles. The molecule has 3 unspecified atom stereocenters. The average Bonchev–Trinajstić information content (AvgIpc) is 3.01. The summed E-state index contributed by atoms with van der Waals surface area (Å²) in [6.07, 6.45) is 5.26. The molecule has 102 valence electrons. The first-order chi connectivity index (χ1) is 9.13. The lowest BCUT2D eigenvalue weighted by Crippen LogP contribution is -2.31. The molecular weight excluding hydrogens is 243 g/mol. The summed E-state index contributed by atoms with van der Waals surface area (Å²) in [5, 5.41) is 2.96. The van der Waals surface area contributed by atoms with Gasteiger partial charge in [0.1, 0.15) is 5.82 Å². The van der Waals surface area contributed by atoms with E-state index in [4.69, 9.17) is 5.73 Å². The summed E-state index contributed by atoms with van der Waals surface area (Å²) in [5.74, 6) is 1.66. The molecular formula is C15H19FN2O. The van der Waals surface area contributed by atoms with Gasteiger partial charge in [-0.25, -0.2) is 4.39 Å². The molecule has 2 fully saturated rings. The Bertz CT molecular complexity index is 503. The Kier molecular flexibility index (Phi) is 3.17. The van der Waals surface area contributed by atoms with E-state index in [1.807, 2.05) is 0 Å². The van der Waals surface area contributed by atoms with Gasteiger partial charge in [-0.3, -0.25) is 4.79 Å². The van der Waals surface area contributed by atoms with Gasteiger partial charge in [-0.15, -0.1) is 0 Å². The summed E-state index contributed by atoms with van der Waals surface area (Å²) in [4.78, 5) is 12.0. The fraction of sp³-hybridized carbons (Fsp3) is 0.533. The van der Waals surface area contributed by atoms with E-state index >= 15 is 0 Å². The number of hydrogen-bond donors (Lipinski definition) is 2. The second-order valence-corrected chi connectivity index (χ2v) is 5.88. The van der Waals surface area contributed by atoms with Gasteiger partial charge in [-0.1, -0.05) is 6.42 Å². The predicted molar refractivity (Wildman–Crippen MR) is 72.1 cm³/mol. The number of hydrogen-bond acceptors (Lipinski definition) is 2. The molecule has 3 atom stereocenters. The van der Waals surface area contributed by atoms with Gasteiger partial charge < -0.3 is 11.1 Å². The number of rotatable bonds is 3. The third kappa shape index (κ3) is 2.44. The van der Waals surface area contributed by atoms with Crippen molar-refractivity contribution in [3.63, 3.8) is 0 Å². The molecule has 1 aromatic carbocycles. The molecule has 0 aromatic heterocycles. The Labute approximate surface area is 112 Å². The van der Waals surface area contributed by atoms with Crippen LogP contribution in [0.25, 0.3) is 0 Å². The quantitative estimate of drug-likeness (QED) is 0.823. The first-order valence-electron chi connectivity index (χ1n) is 6.96. The Balaban J connectivity index is 1.57. The Morgan fingerprint density at radius 3 is 2.84 bits per heavy atom. The van der Waals surface area contributed by atoms with Crippen LogP contribution >= 0.6 is 0 Å². The smallest absolute Gasteiger partial charge is 0.251 e. The van der Waals surface area contributed by atoms with Crippen LogP contribution in [0.4, 0.5) is 10.1 Å². The van der Waals surface area contributed by atoms with Crippen LogP contribution in [0.2, 0.25) is 0 Å². The fourth-order valence-corrected chi connectivity index (χ4v) is 3.64. The summed E-state index contributed by atoms with van der Waals surface area (Å²) in [7, 11) is 0. The largest absolute Gasteiger partial charge is 0.396 e. The van der Waals surface area contributed by atoms with Crippen molar-refractivity contribution < 1.29 is 9.18 Å². The maximum atomic E-state index is 13.0. The normalized spacial score (nSPS) is 28.6. The number of carbonyl (C=O) groups excluding carboxylic acids is 1. The van der Waals surface area contributed by atoms with E-state index in [2.05, 4.69) is 5.32 Å². The number of fused-ring (bicyclic) bond motifs is 2. The molecule has 4 heteroatoms. The van der Waals surface area contributed by atoms with Crippen molar-refractivity contribution >= 4 is 11.6 Å². The number of nitrogens with one attached hydrogen (secondary N) is 1. The zero-order chi connectivity index (χ0) is 13.4. The van der Waals surface area contributed by atoms with Crippen molar-refractivity contribution in [1.29, 1.82) is 0 Å². The highest BCUT2D eigenvalue weighted by Crippen LogP contribution is 2.47. The maximum Gasteiger partial charge on any atom is 0.251 e. The topological polar surface area (TPSA) is 55.1 Å². The van der Waals surface area contributed by atoms with E-state index in [1.54, 1.807) is 0 Å². The van der Waals surface area contributed by atoms with E-state index in [9.17, 15) is 9.18 Å². The summed E-state index contributed by atoms with van der Waals surface area (Å²) in [6, 6.07) is 4.11. The highest BCUT2D eigenvalue weighted by Gasteiger charge is 2.39. The van der Waals surface area contributed by atoms with Crippen LogP contribution in [0.1, 0.15) is 36.0 Å². The monoisotopic (exact) mass is 262 g/mol. The van der Waals surface area contributed by atoms with Gasteiger partial charge in [0, 0.05) is 12.1 Å². The molecule has 1 aromatic rings. The van der Waals surface area contributed by atoms with Crippen molar-refractivity contribution in [2.75, 3.05) is 12.3 Å². The van der Waals surface area contributed by atoms with Gasteiger partial charge in [-0.05, 0) is 55.2 Å². The SMILES string of the molecule is Nc1cc(C(=O)NCC2CC3CCC2C3)ccc1F. The van der Waals surface area contributed by atoms with Crippen LogP contribution in [-0.4, -0.2) is 12.5 Å². The Morgan fingerprint density at radius 1 is 1.37 bits per heavy atom. The van der Waals surface area contributed by atoms with Gasteiger partial charge >= 0.3 is 0 Å². The molecule has 1 amide bonds. The van der Waals surface area contributed by atoms with Crippen molar-refractivity contribution in [3.8, 4) is 0 Å². The fourth-order valence-electron chi connectivity index (χ4n) is 3.64. The van der Waals surface area contributed by atoms with E-state index in [-0.39, 0.29) is 11.6 Å². The first-order valence-corrected chi connectivity index (χ1v) is 6.96. The Morgan fingerprint density at radius 2 is 2.21 bits per heavy atom. The number of carbonyl (C=O) groups is 1. The molecule has 0 radical (unpaired) electrons. The summed E-state index contributed by atoms with van der Waals surface area (Å²) in [5.41, 5.74) is 5.92. The lowest BCUT2D eigenvalue weighted by Gasteiger charge is -2.21.